The predicted octanol–water partition coefficient (Wildman–Crippen LogP) is 3.25. The first-order chi connectivity index (χ1) is 13.1. The molecule has 6 heteroatoms. The van der Waals surface area contributed by atoms with Crippen molar-refractivity contribution in [3.8, 4) is 17.1 Å². The molecule has 0 spiro atoms. The molecular formula is C21H24N4O2. The highest BCUT2D eigenvalue weighted by Gasteiger charge is 2.28. The van der Waals surface area contributed by atoms with Crippen LogP contribution >= 0.6 is 0 Å². The van der Waals surface area contributed by atoms with Crippen molar-refractivity contribution in [2.75, 3.05) is 19.6 Å². The van der Waals surface area contributed by atoms with Crippen LogP contribution in [0.5, 0.6) is 0 Å². The first-order valence-corrected chi connectivity index (χ1v) is 9.33. The van der Waals surface area contributed by atoms with Gasteiger partial charge in [0.15, 0.2) is 5.76 Å². The van der Waals surface area contributed by atoms with Gasteiger partial charge in [0.05, 0.1) is 12.0 Å². The molecule has 1 amide bonds. The Morgan fingerprint density at radius 3 is 2.70 bits per heavy atom. The lowest BCUT2D eigenvalue weighted by molar-refractivity contribution is 0.0914. The van der Waals surface area contributed by atoms with E-state index in [-0.39, 0.29) is 11.3 Å². The molecule has 0 saturated carbocycles. The number of aromatic nitrogens is 2. The van der Waals surface area contributed by atoms with Gasteiger partial charge >= 0.3 is 0 Å². The van der Waals surface area contributed by atoms with Crippen LogP contribution in [0.2, 0.25) is 0 Å². The Balaban J connectivity index is 1.61. The zero-order valence-electron chi connectivity index (χ0n) is 15.4. The molecule has 0 radical (unpaired) electrons. The third kappa shape index (κ3) is 3.80. The standard InChI is InChI=1S/C21H24N4O2/c1-21(9-11-22-12-10-21)15-23-20(26)18-14-17(19-8-5-13-27-19)24-25(18)16-6-3-2-4-7-16/h2-8,13-14,22H,9-12,15H2,1H3,(H,23,26). The van der Waals surface area contributed by atoms with E-state index in [1.54, 1.807) is 17.0 Å². The Morgan fingerprint density at radius 2 is 2.00 bits per heavy atom. The number of furan rings is 1. The summed E-state index contributed by atoms with van der Waals surface area (Å²) in [7, 11) is 0. The number of benzene rings is 1. The molecule has 27 heavy (non-hydrogen) atoms. The topological polar surface area (TPSA) is 72.1 Å². The van der Waals surface area contributed by atoms with Gasteiger partial charge in [0, 0.05) is 12.6 Å². The van der Waals surface area contributed by atoms with Gasteiger partial charge in [-0.05, 0) is 55.6 Å². The summed E-state index contributed by atoms with van der Waals surface area (Å²) in [6.45, 7) is 4.88. The largest absolute Gasteiger partial charge is 0.463 e. The average molecular weight is 364 g/mol. The van der Waals surface area contributed by atoms with Gasteiger partial charge in [-0.3, -0.25) is 4.79 Å². The zero-order chi connectivity index (χ0) is 18.7. The smallest absolute Gasteiger partial charge is 0.270 e. The van der Waals surface area contributed by atoms with Crippen LogP contribution < -0.4 is 10.6 Å². The van der Waals surface area contributed by atoms with Crippen LogP contribution in [0.1, 0.15) is 30.3 Å². The highest BCUT2D eigenvalue weighted by molar-refractivity contribution is 5.94. The van der Waals surface area contributed by atoms with Gasteiger partial charge in [-0.1, -0.05) is 25.1 Å². The number of hydrogen-bond acceptors (Lipinski definition) is 4. The van der Waals surface area contributed by atoms with E-state index in [2.05, 4.69) is 22.7 Å². The van der Waals surface area contributed by atoms with Gasteiger partial charge in [-0.15, -0.1) is 0 Å². The summed E-state index contributed by atoms with van der Waals surface area (Å²) < 4.78 is 7.14. The summed E-state index contributed by atoms with van der Waals surface area (Å²) in [6, 6.07) is 15.1. The van der Waals surface area contributed by atoms with E-state index in [9.17, 15) is 4.79 Å². The molecular weight excluding hydrogens is 340 g/mol. The molecule has 0 atom stereocenters. The average Bonchev–Trinajstić information content (AvgIpc) is 3.37. The molecule has 3 aromatic rings. The van der Waals surface area contributed by atoms with Gasteiger partial charge in [-0.2, -0.15) is 5.10 Å². The minimum absolute atomic E-state index is 0.121. The Hall–Kier alpha value is -2.86. The first-order valence-electron chi connectivity index (χ1n) is 9.33. The summed E-state index contributed by atoms with van der Waals surface area (Å²) in [6.07, 6.45) is 3.72. The molecule has 140 valence electrons. The second kappa shape index (κ2) is 7.40. The van der Waals surface area contributed by atoms with Crippen LogP contribution in [0, 0.1) is 5.41 Å². The summed E-state index contributed by atoms with van der Waals surface area (Å²) >= 11 is 0. The van der Waals surface area contributed by atoms with Crippen LogP contribution in [0.25, 0.3) is 17.1 Å². The van der Waals surface area contributed by atoms with Crippen LogP contribution in [0.3, 0.4) is 0 Å². The van der Waals surface area contributed by atoms with Gasteiger partial charge < -0.3 is 15.1 Å². The zero-order valence-corrected chi connectivity index (χ0v) is 15.4. The molecule has 6 nitrogen and oxygen atoms in total. The fourth-order valence-corrected chi connectivity index (χ4v) is 3.44. The Labute approximate surface area is 158 Å². The van der Waals surface area contributed by atoms with E-state index in [0.717, 1.165) is 31.6 Å². The Bertz CT molecular complexity index is 894. The predicted molar refractivity (Wildman–Crippen MR) is 104 cm³/mol. The molecule has 1 aliphatic rings. The molecule has 2 aromatic heterocycles. The number of nitrogens with zero attached hydrogens (tertiary/aromatic N) is 2. The van der Waals surface area contributed by atoms with Crippen molar-refractivity contribution in [3.63, 3.8) is 0 Å². The maximum atomic E-state index is 13.0. The number of amides is 1. The van der Waals surface area contributed by atoms with Gasteiger partial charge in [0.1, 0.15) is 11.4 Å². The van der Waals surface area contributed by atoms with Gasteiger partial charge in [-0.25, -0.2) is 4.68 Å². The lowest BCUT2D eigenvalue weighted by atomic mass is 9.81. The lowest BCUT2D eigenvalue weighted by Gasteiger charge is -2.34. The van der Waals surface area contributed by atoms with Crippen molar-refractivity contribution in [1.82, 2.24) is 20.4 Å². The quantitative estimate of drug-likeness (QED) is 0.729. The molecule has 0 aliphatic carbocycles. The Kier molecular flexibility index (Phi) is 4.81. The number of rotatable bonds is 5. The highest BCUT2D eigenvalue weighted by atomic mass is 16.3. The molecule has 1 aromatic carbocycles. The summed E-state index contributed by atoms with van der Waals surface area (Å²) in [5.41, 5.74) is 2.11. The summed E-state index contributed by atoms with van der Waals surface area (Å²) in [5.74, 6) is 0.521. The molecule has 2 N–H and O–H groups in total. The van der Waals surface area contributed by atoms with Crippen LogP contribution in [-0.2, 0) is 0 Å². The monoisotopic (exact) mass is 364 g/mol. The normalized spacial score (nSPS) is 16.2. The number of para-hydroxylation sites is 1. The number of hydrogen-bond donors (Lipinski definition) is 2. The van der Waals surface area contributed by atoms with E-state index in [1.807, 2.05) is 42.5 Å². The van der Waals surface area contributed by atoms with Crippen molar-refractivity contribution in [2.24, 2.45) is 5.41 Å². The van der Waals surface area contributed by atoms with E-state index < -0.39 is 0 Å². The van der Waals surface area contributed by atoms with Crippen LogP contribution in [0.15, 0.2) is 59.2 Å². The molecule has 4 rings (SSSR count). The lowest BCUT2D eigenvalue weighted by Crippen LogP contribution is -2.43. The molecule has 0 unspecified atom stereocenters. The maximum absolute atomic E-state index is 13.0. The van der Waals surface area contributed by atoms with Crippen molar-refractivity contribution < 1.29 is 9.21 Å². The fourth-order valence-electron chi connectivity index (χ4n) is 3.44. The number of nitrogens with one attached hydrogen (secondary N) is 2. The highest BCUT2D eigenvalue weighted by Crippen LogP contribution is 2.27. The third-order valence-corrected chi connectivity index (χ3v) is 5.20. The first kappa shape index (κ1) is 17.5. The van der Waals surface area contributed by atoms with Gasteiger partial charge in [0.25, 0.3) is 5.91 Å². The molecule has 1 fully saturated rings. The number of carbonyl (C=O) groups is 1. The SMILES string of the molecule is CC1(CNC(=O)c2cc(-c3ccco3)nn2-c2ccccc2)CCNCC1. The molecule has 0 bridgehead atoms. The summed E-state index contributed by atoms with van der Waals surface area (Å²) in [4.78, 5) is 13.0. The number of carbonyl (C=O) groups excluding carboxylic acids is 1. The van der Waals surface area contributed by atoms with E-state index in [1.165, 1.54) is 0 Å². The van der Waals surface area contributed by atoms with Gasteiger partial charge in [0.2, 0.25) is 0 Å². The minimum Gasteiger partial charge on any atom is -0.463 e. The van der Waals surface area contributed by atoms with Crippen LogP contribution in [-0.4, -0.2) is 35.3 Å². The Morgan fingerprint density at radius 1 is 1.22 bits per heavy atom. The fraction of sp³-hybridized carbons (Fsp3) is 0.333. The van der Waals surface area contributed by atoms with Crippen molar-refractivity contribution in [1.29, 1.82) is 0 Å². The molecule has 1 saturated heterocycles. The second-order valence-electron chi connectivity index (χ2n) is 7.38. The molecule has 1 aliphatic heterocycles. The number of piperidine rings is 1. The van der Waals surface area contributed by atoms with Crippen molar-refractivity contribution in [3.05, 3.63) is 60.5 Å². The second-order valence-corrected chi connectivity index (χ2v) is 7.38. The maximum Gasteiger partial charge on any atom is 0.270 e. The third-order valence-electron chi connectivity index (χ3n) is 5.20. The van der Waals surface area contributed by atoms with E-state index >= 15 is 0 Å². The van der Waals surface area contributed by atoms with E-state index in [4.69, 9.17) is 4.42 Å². The summed E-state index contributed by atoms with van der Waals surface area (Å²) in [5, 5.41) is 11.1. The van der Waals surface area contributed by atoms with Crippen molar-refractivity contribution >= 4 is 5.91 Å². The minimum atomic E-state index is -0.121. The van der Waals surface area contributed by atoms with E-state index in [0.29, 0.717) is 23.7 Å². The van der Waals surface area contributed by atoms with Crippen molar-refractivity contribution in [2.45, 2.75) is 19.8 Å². The van der Waals surface area contributed by atoms with Crippen LogP contribution in [0.4, 0.5) is 0 Å². The molecule has 3 heterocycles.